The van der Waals surface area contributed by atoms with Gasteiger partial charge in [-0.3, -0.25) is 9.59 Å². The third-order valence-corrected chi connectivity index (χ3v) is 8.87. The molecule has 5 heterocycles. The van der Waals surface area contributed by atoms with Gasteiger partial charge >= 0.3 is 6.01 Å². The summed E-state index contributed by atoms with van der Waals surface area (Å²) in [5, 5.41) is 0. The van der Waals surface area contributed by atoms with Crippen LogP contribution in [0.25, 0.3) is 0 Å². The molecule has 40 heavy (non-hydrogen) atoms. The fourth-order valence-corrected chi connectivity index (χ4v) is 6.45. The molecule has 0 aliphatic carbocycles. The van der Waals surface area contributed by atoms with Gasteiger partial charge in [-0.05, 0) is 69.6 Å². The summed E-state index contributed by atoms with van der Waals surface area (Å²) in [7, 11) is 4.24. The molecule has 1 aromatic carbocycles. The van der Waals surface area contributed by atoms with Crippen molar-refractivity contribution in [2.45, 2.75) is 38.3 Å². The summed E-state index contributed by atoms with van der Waals surface area (Å²) in [5.41, 5.74) is 4.82. The molecule has 2 amide bonds. The first-order chi connectivity index (χ1) is 19.4. The zero-order valence-corrected chi connectivity index (χ0v) is 23.6. The molecule has 0 spiro atoms. The quantitative estimate of drug-likeness (QED) is 0.510. The highest BCUT2D eigenvalue weighted by molar-refractivity contribution is 6.08. The molecule has 212 valence electrons. The van der Waals surface area contributed by atoms with Crippen LogP contribution in [-0.2, 0) is 24.2 Å². The smallest absolute Gasteiger partial charge is 0.319 e. The standard InChI is InChI=1S/C30H39N7O3/c1-4-26(38)35-15-17-36(18-16-35)28-23-11-14-37(25-9-5-7-21-10-13-33(2)19-24(21)25)29(39)27(23)31-30(32-28)40-20-22-8-6-12-34(22)3/h4-5,7,9,22H,1,6,8,10-20H2,2-3H3/t22-/m0/s1. The summed E-state index contributed by atoms with van der Waals surface area (Å²) in [6.45, 7) is 10.0. The number of amides is 2. The molecule has 10 nitrogen and oxygen atoms in total. The molecule has 6 rings (SSSR count). The summed E-state index contributed by atoms with van der Waals surface area (Å²) >= 11 is 0. The number of hydrogen-bond acceptors (Lipinski definition) is 8. The normalized spacial score (nSPS) is 21.8. The Balaban J connectivity index is 1.32. The van der Waals surface area contributed by atoms with Gasteiger partial charge in [0.1, 0.15) is 18.1 Å². The lowest BCUT2D eigenvalue weighted by atomic mass is 9.96. The Morgan fingerprint density at radius 1 is 1.05 bits per heavy atom. The van der Waals surface area contributed by atoms with E-state index in [-0.39, 0.29) is 17.8 Å². The van der Waals surface area contributed by atoms with E-state index in [1.165, 1.54) is 17.2 Å². The van der Waals surface area contributed by atoms with Crippen LogP contribution in [0.4, 0.5) is 11.5 Å². The molecule has 0 saturated carbocycles. The van der Waals surface area contributed by atoms with Gasteiger partial charge < -0.3 is 29.2 Å². The maximum Gasteiger partial charge on any atom is 0.319 e. The molecule has 4 aliphatic rings. The Labute approximate surface area is 236 Å². The van der Waals surface area contributed by atoms with Crippen LogP contribution in [0.3, 0.4) is 0 Å². The van der Waals surface area contributed by atoms with Gasteiger partial charge in [0.2, 0.25) is 5.91 Å². The molecule has 1 atom stereocenters. The van der Waals surface area contributed by atoms with Crippen molar-refractivity contribution in [3.63, 3.8) is 0 Å². The van der Waals surface area contributed by atoms with Crippen LogP contribution in [0.1, 0.15) is 40.0 Å². The van der Waals surface area contributed by atoms with E-state index in [4.69, 9.17) is 14.7 Å². The van der Waals surface area contributed by atoms with E-state index >= 15 is 0 Å². The summed E-state index contributed by atoms with van der Waals surface area (Å²) in [6, 6.07) is 6.87. The van der Waals surface area contributed by atoms with Gasteiger partial charge in [0, 0.05) is 63.1 Å². The third-order valence-electron chi connectivity index (χ3n) is 8.87. The number of carbonyl (C=O) groups is 2. The molecule has 0 bridgehead atoms. The van der Waals surface area contributed by atoms with Crippen LogP contribution in [0.15, 0.2) is 30.9 Å². The Morgan fingerprint density at radius 3 is 2.62 bits per heavy atom. The average molecular weight is 546 g/mol. The predicted octanol–water partition coefficient (Wildman–Crippen LogP) is 1.98. The van der Waals surface area contributed by atoms with E-state index in [1.54, 1.807) is 4.90 Å². The van der Waals surface area contributed by atoms with Crippen molar-refractivity contribution in [1.82, 2.24) is 24.7 Å². The van der Waals surface area contributed by atoms with E-state index < -0.39 is 0 Å². The van der Waals surface area contributed by atoms with Gasteiger partial charge in [0.25, 0.3) is 5.91 Å². The highest BCUT2D eigenvalue weighted by Crippen LogP contribution is 2.35. The first-order valence-electron chi connectivity index (χ1n) is 14.4. The Kier molecular flexibility index (Phi) is 7.46. The van der Waals surface area contributed by atoms with Crippen LogP contribution in [0, 0.1) is 0 Å². The first kappa shape index (κ1) is 26.7. The zero-order valence-electron chi connectivity index (χ0n) is 23.6. The lowest BCUT2D eigenvalue weighted by Crippen LogP contribution is -2.49. The molecular weight excluding hydrogens is 506 g/mol. The number of piperazine rings is 1. The minimum Gasteiger partial charge on any atom is -0.462 e. The Morgan fingerprint density at radius 2 is 1.88 bits per heavy atom. The molecule has 1 aromatic heterocycles. The van der Waals surface area contributed by atoms with E-state index in [0.717, 1.165) is 56.0 Å². The minimum absolute atomic E-state index is 0.0586. The van der Waals surface area contributed by atoms with Crippen LogP contribution in [0.2, 0.25) is 0 Å². The van der Waals surface area contributed by atoms with Gasteiger partial charge in [0.05, 0.1) is 0 Å². The average Bonchev–Trinajstić information content (AvgIpc) is 3.40. The highest BCUT2D eigenvalue weighted by atomic mass is 16.5. The molecule has 0 unspecified atom stereocenters. The van der Waals surface area contributed by atoms with Gasteiger partial charge in [-0.2, -0.15) is 9.97 Å². The molecule has 2 fully saturated rings. The largest absolute Gasteiger partial charge is 0.462 e. The van der Waals surface area contributed by atoms with Crippen LogP contribution < -0.4 is 14.5 Å². The second-order valence-electron chi connectivity index (χ2n) is 11.4. The van der Waals surface area contributed by atoms with E-state index in [2.05, 4.69) is 53.6 Å². The van der Waals surface area contributed by atoms with E-state index in [1.807, 2.05) is 4.90 Å². The molecule has 10 heteroatoms. The molecule has 0 radical (unpaired) electrons. The van der Waals surface area contributed by atoms with E-state index in [0.29, 0.717) is 57.5 Å². The molecule has 2 aromatic rings. The maximum atomic E-state index is 14.1. The van der Waals surface area contributed by atoms with Crippen LogP contribution in [0.5, 0.6) is 6.01 Å². The van der Waals surface area contributed by atoms with Crippen LogP contribution in [-0.4, -0.2) is 109 Å². The monoisotopic (exact) mass is 545 g/mol. The molecular formula is C30H39N7O3. The molecule has 4 aliphatic heterocycles. The highest BCUT2D eigenvalue weighted by Gasteiger charge is 2.35. The Hall–Kier alpha value is -3.50. The second-order valence-corrected chi connectivity index (χ2v) is 11.4. The fourth-order valence-electron chi connectivity index (χ4n) is 6.45. The summed E-state index contributed by atoms with van der Waals surface area (Å²) < 4.78 is 6.18. The number of benzene rings is 1. The Bertz CT molecular complexity index is 1310. The number of fused-ring (bicyclic) bond motifs is 2. The molecule has 0 N–H and O–H groups in total. The van der Waals surface area contributed by atoms with Gasteiger partial charge in [-0.15, -0.1) is 0 Å². The van der Waals surface area contributed by atoms with Crippen molar-refractivity contribution in [3.05, 3.63) is 53.2 Å². The van der Waals surface area contributed by atoms with Crippen molar-refractivity contribution >= 4 is 23.3 Å². The topological polar surface area (TPSA) is 85.3 Å². The van der Waals surface area contributed by atoms with Gasteiger partial charge in [0.15, 0.2) is 0 Å². The third kappa shape index (κ3) is 5.06. The number of likely N-dealkylation sites (tertiary alicyclic amines) is 1. The van der Waals surface area contributed by atoms with Crippen molar-refractivity contribution < 1.29 is 14.3 Å². The van der Waals surface area contributed by atoms with E-state index in [9.17, 15) is 9.59 Å². The zero-order chi connectivity index (χ0) is 27.8. The van der Waals surface area contributed by atoms with Crippen molar-refractivity contribution in [3.8, 4) is 6.01 Å². The number of nitrogens with zero attached hydrogens (tertiary/aromatic N) is 7. The number of hydrogen-bond donors (Lipinski definition) is 0. The second kappa shape index (κ2) is 11.2. The summed E-state index contributed by atoms with van der Waals surface area (Å²) in [6.07, 6.45) is 5.24. The van der Waals surface area contributed by atoms with Crippen molar-refractivity contribution in [1.29, 1.82) is 0 Å². The van der Waals surface area contributed by atoms with Gasteiger partial charge in [-0.1, -0.05) is 18.7 Å². The van der Waals surface area contributed by atoms with Crippen molar-refractivity contribution in [2.24, 2.45) is 0 Å². The SMILES string of the molecule is C=CC(=O)N1CCN(c2nc(OC[C@@H]3CCCN3C)nc3c2CCN(c2cccc4c2CN(C)CC4)C3=O)CC1. The number of likely N-dealkylation sites (N-methyl/N-ethyl adjacent to an activating group) is 2. The predicted molar refractivity (Wildman–Crippen MR) is 154 cm³/mol. The van der Waals surface area contributed by atoms with Crippen molar-refractivity contribution in [2.75, 3.05) is 76.3 Å². The van der Waals surface area contributed by atoms with Gasteiger partial charge in [-0.25, -0.2) is 0 Å². The minimum atomic E-state index is -0.102. The first-order valence-corrected chi connectivity index (χ1v) is 14.4. The lowest BCUT2D eigenvalue weighted by molar-refractivity contribution is -0.126. The summed E-state index contributed by atoms with van der Waals surface area (Å²) in [4.78, 5) is 46.4. The summed E-state index contributed by atoms with van der Waals surface area (Å²) in [5.74, 6) is 0.597. The molecule has 2 saturated heterocycles. The lowest BCUT2D eigenvalue weighted by Gasteiger charge is -2.38. The maximum absolute atomic E-state index is 14.1. The number of carbonyl (C=O) groups excluding carboxylic acids is 2. The fraction of sp³-hybridized carbons (Fsp3) is 0.533. The number of aromatic nitrogens is 2. The number of rotatable bonds is 6. The van der Waals surface area contributed by atoms with Crippen LogP contribution >= 0.6 is 0 Å². The number of ether oxygens (including phenoxy) is 1. The number of anilines is 2.